The summed E-state index contributed by atoms with van der Waals surface area (Å²) in [7, 11) is 0. The van der Waals surface area contributed by atoms with Gasteiger partial charge in [-0.25, -0.2) is 4.98 Å². The molecular formula is C16H18N4OS2. The Labute approximate surface area is 144 Å². The highest BCUT2D eigenvalue weighted by Crippen LogP contribution is 2.15. The van der Waals surface area contributed by atoms with Crippen LogP contribution < -0.4 is 16.2 Å². The fourth-order valence-corrected chi connectivity index (χ4v) is 2.54. The summed E-state index contributed by atoms with van der Waals surface area (Å²) in [5.41, 5.74) is 9.06. The van der Waals surface area contributed by atoms with Crippen LogP contribution in [-0.4, -0.2) is 16.0 Å². The van der Waals surface area contributed by atoms with Gasteiger partial charge in [0.15, 0.2) is 5.11 Å². The Bertz CT molecular complexity index is 752. The van der Waals surface area contributed by atoms with E-state index >= 15 is 0 Å². The number of thiazole rings is 1. The molecule has 0 bridgehead atoms. The van der Waals surface area contributed by atoms with Crippen LogP contribution in [0.3, 0.4) is 0 Å². The second-order valence-electron chi connectivity index (χ2n) is 5.01. The number of thiocarbonyl (C=S) groups is 1. The van der Waals surface area contributed by atoms with Crippen LogP contribution in [0.1, 0.15) is 21.8 Å². The first-order valence-corrected chi connectivity index (χ1v) is 8.27. The van der Waals surface area contributed by atoms with Crippen molar-refractivity contribution in [2.24, 2.45) is 0 Å². The van der Waals surface area contributed by atoms with Crippen LogP contribution in [0.15, 0.2) is 29.7 Å². The number of nitrogens with zero attached hydrogens (tertiary/aromatic N) is 1. The van der Waals surface area contributed by atoms with Crippen molar-refractivity contribution < 1.29 is 4.79 Å². The van der Waals surface area contributed by atoms with E-state index in [0.717, 1.165) is 27.5 Å². The van der Waals surface area contributed by atoms with Crippen molar-refractivity contribution in [2.75, 3.05) is 5.32 Å². The maximum absolute atomic E-state index is 11.7. The summed E-state index contributed by atoms with van der Waals surface area (Å²) in [6.07, 6.45) is 3.06. The van der Waals surface area contributed by atoms with Crippen molar-refractivity contribution >= 4 is 46.3 Å². The van der Waals surface area contributed by atoms with E-state index in [-0.39, 0.29) is 5.91 Å². The minimum absolute atomic E-state index is 0.305. The molecule has 0 spiro atoms. The smallest absolute Gasteiger partial charge is 0.262 e. The normalized spacial score (nSPS) is 10.6. The van der Waals surface area contributed by atoms with Gasteiger partial charge in [-0.2, -0.15) is 0 Å². The van der Waals surface area contributed by atoms with Gasteiger partial charge >= 0.3 is 0 Å². The number of aromatic nitrogens is 1. The third kappa shape index (κ3) is 5.46. The van der Waals surface area contributed by atoms with Crippen LogP contribution in [0.4, 0.5) is 5.69 Å². The first-order chi connectivity index (χ1) is 10.9. The van der Waals surface area contributed by atoms with Gasteiger partial charge < -0.3 is 5.32 Å². The summed E-state index contributed by atoms with van der Waals surface area (Å²) in [4.78, 5) is 16.0. The standard InChI is InChI=1S/C16H18N4OS2/c1-10-4-5-11(2)14(8-10)18-16(22)20-19-15(21)7-6-13-9-23-12(3)17-13/h4-9H,1-3H3,(H,19,21)(H2,18,20,22)/b7-6+. The first kappa shape index (κ1) is 17.1. The van der Waals surface area contributed by atoms with Gasteiger partial charge in [0.25, 0.3) is 5.91 Å². The Morgan fingerprint density at radius 2 is 2.04 bits per heavy atom. The van der Waals surface area contributed by atoms with Crippen LogP contribution in [0, 0.1) is 20.8 Å². The molecule has 0 radical (unpaired) electrons. The number of amides is 1. The zero-order valence-corrected chi connectivity index (χ0v) is 14.8. The summed E-state index contributed by atoms with van der Waals surface area (Å²) in [5, 5.41) is 6.23. The van der Waals surface area contributed by atoms with Crippen LogP contribution in [0.5, 0.6) is 0 Å². The van der Waals surface area contributed by atoms with Crippen molar-refractivity contribution in [3.8, 4) is 0 Å². The van der Waals surface area contributed by atoms with Crippen LogP contribution in [-0.2, 0) is 4.79 Å². The molecule has 120 valence electrons. The number of anilines is 1. The number of rotatable bonds is 3. The van der Waals surface area contributed by atoms with Gasteiger partial charge in [0, 0.05) is 17.1 Å². The van der Waals surface area contributed by atoms with Crippen molar-refractivity contribution in [3.05, 3.63) is 51.5 Å². The highest BCUT2D eigenvalue weighted by atomic mass is 32.1. The van der Waals surface area contributed by atoms with E-state index in [1.807, 2.05) is 44.4 Å². The number of nitrogens with one attached hydrogen (secondary N) is 3. The van der Waals surface area contributed by atoms with Gasteiger partial charge in [-0.05, 0) is 56.3 Å². The molecular weight excluding hydrogens is 328 g/mol. The second-order valence-corrected chi connectivity index (χ2v) is 6.48. The number of hydrogen-bond donors (Lipinski definition) is 3. The monoisotopic (exact) mass is 346 g/mol. The lowest BCUT2D eigenvalue weighted by Crippen LogP contribution is -2.43. The number of carbonyl (C=O) groups excluding carboxylic acids is 1. The molecule has 0 unspecified atom stereocenters. The molecule has 0 aliphatic rings. The van der Waals surface area contributed by atoms with Gasteiger partial charge in [0.05, 0.1) is 10.7 Å². The first-order valence-electron chi connectivity index (χ1n) is 6.98. The van der Waals surface area contributed by atoms with Crippen LogP contribution >= 0.6 is 23.6 Å². The molecule has 3 N–H and O–H groups in total. The zero-order chi connectivity index (χ0) is 16.8. The molecule has 1 aromatic carbocycles. The predicted octanol–water partition coefficient (Wildman–Crippen LogP) is 3.10. The van der Waals surface area contributed by atoms with E-state index in [4.69, 9.17) is 12.2 Å². The summed E-state index contributed by atoms with van der Waals surface area (Å²) < 4.78 is 0. The Kier molecular flexibility index (Phi) is 5.84. The molecule has 0 atom stereocenters. The molecule has 23 heavy (non-hydrogen) atoms. The van der Waals surface area contributed by atoms with Gasteiger partial charge in [-0.3, -0.25) is 15.6 Å². The van der Waals surface area contributed by atoms with Crippen molar-refractivity contribution in [1.29, 1.82) is 0 Å². The topological polar surface area (TPSA) is 66.0 Å². The average Bonchev–Trinajstić information content (AvgIpc) is 2.92. The van der Waals surface area contributed by atoms with E-state index in [0.29, 0.717) is 5.11 Å². The summed E-state index contributed by atoms with van der Waals surface area (Å²) in [5.74, 6) is -0.305. The van der Waals surface area contributed by atoms with E-state index in [1.54, 1.807) is 6.08 Å². The Morgan fingerprint density at radius 3 is 2.74 bits per heavy atom. The lowest BCUT2D eigenvalue weighted by molar-refractivity contribution is -0.116. The lowest BCUT2D eigenvalue weighted by Gasteiger charge is -2.13. The third-order valence-corrected chi connectivity index (χ3v) is 3.98. The maximum Gasteiger partial charge on any atom is 0.262 e. The molecule has 0 aliphatic carbocycles. The SMILES string of the molecule is Cc1ccc(C)c(NC(=S)NNC(=O)/C=C/c2csc(C)n2)c1. The Balaban J connectivity index is 1.83. The summed E-state index contributed by atoms with van der Waals surface area (Å²) in [6.45, 7) is 5.91. The quantitative estimate of drug-likeness (QED) is 0.453. The minimum Gasteiger partial charge on any atom is -0.331 e. The highest BCUT2D eigenvalue weighted by molar-refractivity contribution is 7.80. The van der Waals surface area contributed by atoms with Crippen molar-refractivity contribution in [3.63, 3.8) is 0 Å². The molecule has 2 rings (SSSR count). The van der Waals surface area contributed by atoms with E-state index < -0.39 is 0 Å². The fraction of sp³-hybridized carbons (Fsp3) is 0.188. The lowest BCUT2D eigenvalue weighted by atomic mass is 10.1. The van der Waals surface area contributed by atoms with Crippen molar-refractivity contribution in [2.45, 2.75) is 20.8 Å². The maximum atomic E-state index is 11.7. The molecule has 2 aromatic rings. The fourth-order valence-electron chi connectivity index (χ4n) is 1.80. The van der Waals surface area contributed by atoms with Gasteiger partial charge in [-0.15, -0.1) is 11.3 Å². The van der Waals surface area contributed by atoms with Gasteiger partial charge in [0.2, 0.25) is 0 Å². The van der Waals surface area contributed by atoms with E-state index in [9.17, 15) is 4.79 Å². The molecule has 0 saturated heterocycles. The Morgan fingerprint density at radius 1 is 1.26 bits per heavy atom. The highest BCUT2D eigenvalue weighted by Gasteiger charge is 2.02. The minimum atomic E-state index is -0.305. The third-order valence-electron chi connectivity index (χ3n) is 2.98. The molecule has 0 aliphatic heterocycles. The van der Waals surface area contributed by atoms with Gasteiger partial charge in [0.1, 0.15) is 0 Å². The molecule has 0 saturated carbocycles. The van der Waals surface area contributed by atoms with Gasteiger partial charge in [-0.1, -0.05) is 12.1 Å². The van der Waals surface area contributed by atoms with Crippen LogP contribution in [0.25, 0.3) is 6.08 Å². The molecule has 1 aromatic heterocycles. The average molecular weight is 346 g/mol. The molecule has 7 heteroatoms. The van der Waals surface area contributed by atoms with E-state index in [2.05, 4.69) is 21.2 Å². The number of benzene rings is 1. The van der Waals surface area contributed by atoms with Crippen molar-refractivity contribution in [1.82, 2.24) is 15.8 Å². The number of hydrazine groups is 1. The molecule has 1 heterocycles. The number of carbonyl (C=O) groups is 1. The van der Waals surface area contributed by atoms with E-state index in [1.165, 1.54) is 17.4 Å². The molecule has 0 fully saturated rings. The summed E-state index contributed by atoms with van der Waals surface area (Å²) >= 11 is 6.70. The largest absolute Gasteiger partial charge is 0.331 e. The molecule has 1 amide bonds. The van der Waals surface area contributed by atoms with Crippen LogP contribution in [0.2, 0.25) is 0 Å². The second kappa shape index (κ2) is 7.85. The zero-order valence-electron chi connectivity index (χ0n) is 13.1. The predicted molar refractivity (Wildman–Crippen MR) is 99.3 cm³/mol. The number of aryl methyl sites for hydroxylation is 3. The Hall–Kier alpha value is -2.25. The summed E-state index contributed by atoms with van der Waals surface area (Å²) in [6, 6.07) is 6.04. The number of hydrogen-bond acceptors (Lipinski definition) is 4. The molecule has 5 nitrogen and oxygen atoms in total.